The number of aryl methyl sites for hydroxylation is 1. The number of halogens is 2. The van der Waals surface area contributed by atoms with Gasteiger partial charge < -0.3 is 4.84 Å². The predicted octanol–water partition coefficient (Wildman–Crippen LogP) is 6.27. The highest BCUT2D eigenvalue weighted by Crippen LogP contribution is 2.37. The van der Waals surface area contributed by atoms with Gasteiger partial charge in [0.25, 0.3) is 10.0 Å². The van der Waals surface area contributed by atoms with E-state index in [0.29, 0.717) is 22.0 Å². The highest BCUT2D eigenvalue weighted by molar-refractivity contribution is 9.10. The van der Waals surface area contributed by atoms with Crippen molar-refractivity contribution in [3.8, 4) is 0 Å². The van der Waals surface area contributed by atoms with E-state index in [9.17, 15) is 13.2 Å². The van der Waals surface area contributed by atoms with Crippen molar-refractivity contribution < 1.29 is 18.0 Å². The molecule has 30 heavy (non-hydrogen) atoms. The summed E-state index contributed by atoms with van der Waals surface area (Å²) in [6.45, 7) is 3.23. The van der Waals surface area contributed by atoms with Crippen molar-refractivity contribution in [1.82, 2.24) is 0 Å². The van der Waals surface area contributed by atoms with Crippen molar-refractivity contribution in [3.05, 3.63) is 69.7 Å². The average molecular weight is 511 g/mol. The van der Waals surface area contributed by atoms with Crippen molar-refractivity contribution in [3.63, 3.8) is 0 Å². The third-order valence-electron chi connectivity index (χ3n) is 4.53. The second kappa shape index (κ2) is 9.37. The zero-order valence-electron chi connectivity index (χ0n) is 16.6. The maximum absolute atomic E-state index is 13.6. The Bertz CT molecular complexity index is 1180. The molecule has 0 aliphatic carbocycles. The molecular weight excluding hydrogens is 490 g/mol. The molecule has 0 saturated carbocycles. The molecule has 0 fully saturated rings. The van der Waals surface area contributed by atoms with E-state index in [0.717, 1.165) is 28.3 Å². The number of hydrogen-bond acceptors (Lipinski definition) is 4. The van der Waals surface area contributed by atoms with Gasteiger partial charge in [0.05, 0.1) is 4.90 Å². The van der Waals surface area contributed by atoms with Crippen LogP contribution in [0.4, 0.5) is 5.69 Å². The molecular formula is C22H21BrClNO4S. The van der Waals surface area contributed by atoms with Gasteiger partial charge in [-0.3, -0.25) is 0 Å². The molecule has 0 spiro atoms. The molecule has 0 radical (unpaired) electrons. The van der Waals surface area contributed by atoms with E-state index >= 15 is 0 Å². The van der Waals surface area contributed by atoms with Gasteiger partial charge in [-0.1, -0.05) is 81.7 Å². The fraction of sp³-hybridized carbons (Fsp3) is 0.227. The molecule has 0 amide bonds. The summed E-state index contributed by atoms with van der Waals surface area (Å²) in [6, 6.07) is 15.6. The number of benzene rings is 3. The van der Waals surface area contributed by atoms with Gasteiger partial charge in [-0.15, -0.1) is 0 Å². The van der Waals surface area contributed by atoms with E-state index < -0.39 is 16.0 Å². The molecule has 0 heterocycles. The monoisotopic (exact) mass is 509 g/mol. The number of sulfonamides is 1. The minimum Gasteiger partial charge on any atom is -0.326 e. The Morgan fingerprint density at radius 2 is 1.87 bits per heavy atom. The lowest BCUT2D eigenvalue weighted by Crippen LogP contribution is -2.34. The summed E-state index contributed by atoms with van der Waals surface area (Å²) in [5.41, 5.74) is 1.12. The van der Waals surface area contributed by atoms with Crippen LogP contribution in [-0.2, 0) is 26.1 Å². The summed E-state index contributed by atoms with van der Waals surface area (Å²) in [4.78, 5) is 17.2. The van der Waals surface area contributed by atoms with Crippen molar-refractivity contribution in [2.75, 3.05) is 4.47 Å². The maximum atomic E-state index is 13.6. The van der Waals surface area contributed by atoms with Crippen molar-refractivity contribution in [2.24, 2.45) is 0 Å². The number of rotatable bonds is 7. The smallest absolute Gasteiger partial charge is 0.326 e. The molecule has 158 valence electrons. The van der Waals surface area contributed by atoms with Gasteiger partial charge in [-0.25, -0.2) is 4.79 Å². The quantitative estimate of drug-likeness (QED) is 0.351. The SMILES string of the molecule is CCCCc1ccc2ccccc2c1N(OC(C)=O)S(=O)(=O)c1cc(Cl)cc(Br)c1. The van der Waals surface area contributed by atoms with Crippen LogP contribution in [0.5, 0.6) is 0 Å². The number of nitrogens with zero attached hydrogens (tertiary/aromatic N) is 1. The van der Waals surface area contributed by atoms with Crippen LogP contribution in [0, 0.1) is 0 Å². The molecule has 5 nitrogen and oxygen atoms in total. The van der Waals surface area contributed by atoms with Gasteiger partial charge in [0.1, 0.15) is 5.69 Å². The molecule has 0 aliphatic heterocycles. The summed E-state index contributed by atoms with van der Waals surface area (Å²) in [7, 11) is -4.26. The minimum atomic E-state index is -4.26. The highest BCUT2D eigenvalue weighted by Gasteiger charge is 2.32. The van der Waals surface area contributed by atoms with Crippen LogP contribution < -0.4 is 4.47 Å². The van der Waals surface area contributed by atoms with E-state index in [-0.39, 0.29) is 9.92 Å². The first-order valence-electron chi connectivity index (χ1n) is 9.44. The number of fused-ring (bicyclic) bond motifs is 1. The largest absolute Gasteiger partial charge is 0.330 e. The fourth-order valence-electron chi connectivity index (χ4n) is 3.19. The lowest BCUT2D eigenvalue weighted by atomic mass is 10.0. The van der Waals surface area contributed by atoms with E-state index in [1.807, 2.05) is 36.4 Å². The summed E-state index contributed by atoms with van der Waals surface area (Å²) in [6.07, 6.45) is 2.44. The van der Waals surface area contributed by atoms with Crippen LogP contribution in [0.2, 0.25) is 5.02 Å². The molecule has 0 aromatic heterocycles. The summed E-state index contributed by atoms with van der Waals surface area (Å²) in [5.74, 6) is -0.742. The van der Waals surface area contributed by atoms with Gasteiger partial charge in [-0.2, -0.15) is 8.42 Å². The van der Waals surface area contributed by atoms with Gasteiger partial charge in [-0.05, 0) is 42.0 Å². The average Bonchev–Trinajstić information content (AvgIpc) is 2.69. The Labute approximate surface area is 189 Å². The third kappa shape index (κ3) is 4.79. The maximum Gasteiger partial charge on any atom is 0.330 e. The lowest BCUT2D eigenvalue weighted by Gasteiger charge is -2.26. The standard InChI is InChI=1S/C22H21BrClNO4S/c1-3-4-7-17-11-10-16-8-5-6-9-21(16)22(17)25(29-15(2)26)30(27,28)20-13-18(23)12-19(24)14-20/h5-6,8-14H,3-4,7H2,1-2H3. The second-order valence-electron chi connectivity index (χ2n) is 6.82. The fourth-order valence-corrected chi connectivity index (χ4v) is 5.67. The number of unbranched alkanes of at least 4 members (excludes halogenated alkanes) is 1. The summed E-state index contributed by atoms with van der Waals surface area (Å²) >= 11 is 9.36. The van der Waals surface area contributed by atoms with E-state index in [1.165, 1.54) is 19.1 Å². The highest BCUT2D eigenvalue weighted by atomic mass is 79.9. The Balaban J connectivity index is 2.30. The van der Waals surface area contributed by atoms with Crippen molar-refractivity contribution in [2.45, 2.75) is 38.0 Å². The Morgan fingerprint density at radius 3 is 2.53 bits per heavy atom. The molecule has 0 aliphatic rings. The lowest BCUT2D eigenvalue weighted by molar-refractivity contribution is -0.140. The summed E-state index contributed by atoms with van der Waals surface area (Å²) < 4.78 is 28.5. The molecule has 3 aromatic carbocycles. The van der Waals surface area contributed by atoms with Crippen LogP contribution in [0.25, 0.3) is 10.8 Å². The summed E-state index contributed by atoms with van der Waals surface area (Å²) in [5, 5.41) is 1.76. The zero-order valence-corrected chi connectivity index (χ0v) is 19.7. The van der Waals surface area contributed by atoms with E-state index in [1.54, 1.807) is 6.07 Å². The predicted molar refractivity (Wildman–Crippen MR) is 123 cm³/mol. The van der Waals surface area contributed by atoms with Crippen LogP contribution >= 0.6 is 27.5 Å². The first kappa shape index (κ1) is 22.6. The van der Waals surface area contributed by atoms with Gasteiger partial charge in [0.2, 0.25) is 0 Å². The topological polar surface area (TPSA) is 63.7 Å². The number of carbonyl (C=O) groups is 1. The minimum absolute atomic E-state index is 0.0856. The second-order valence-corrected chi connectivity index (χ2v) is 9.92. The molecule has 0 atom stereocenters. The third-order valence-corrected chi connectivity index (χ3v) is 6.73. The van der Waals surface area contributed by atoms with Crippen molar-refractivity contribution in [1.29, 1.82) is 0 Å². The molecule has 8 heteroatoms. The van der Waals surface area contributed by atoms with Gasteiger partial charge in [0.15, 0.2) is 0 Å². The van der Waals surface area contributed by atoms with Crippen LogP contribution in [0.3, 0.4) is 0 Å². The Hall–Kier alpha value is -2.09. The van der Waals surface area contributed by atoms with Crippen LogP contribution in [-0.4, -0.2) is 14.4 Å². The van der Waals surface area contributed by atoms with Crippen molar-refractivity contribution >= 4 is 60.0 Å². The van der Waals surface area contributed by atoms with Gasteiger partial charge in [0, 0.05) is 21.8 Å². The van der Waals surface area contributed by atoms with Gasteiger partial charge >= 0.3 is 5.97 Å². The normalized spacial score (nSPS) is 11.5. The zero-order chi connectivity index (χ0) is 21.9. The first-order chi connectivity index (χ1) is 14.2. The Kier molecular flexibility index (Phi) is 7.06. The molecule has 0 saturated heterocycles. The van der Waals surface area contributed by atoms with Crippen LogP contribution in [0.15, 0.2) is 64.0 Å². The van der Waals surface area contributed by atoms with E-state index in [4.69, 9.17) is 16.4 Å². The molecule has 3 aromatic rings. The number of anilines is 1. The molecule has 0 bridgehead atoms. The van der Waals surface area contributed by atoms with Crippen LogP contribution in [0.1, 0.15) is 32.3 Å². The number of hydrogen-bond donors (Lipinski definition) is 0. The van der Waals surface area contributed by atoms with E-state index in [2.05, 4.69) is 22.9 Å². The molecule has 0 unspecified atom stereocenters. The number of carbonyl (C=O) groups excluding carboxylic acids is 1. The molecule has 0 N–H and O–H groups in total. The molecule has 3 rings (SSSR count). The first-order valence-corrected chi connectivity index (χ1v) is 12.1. The Morgan fingerprint density at radius 1 is 1.13 bits per heavy atom.